The number of benzene rings is 1. The Labute approximate surface area is 166 Å². The lowest BCUT2D eigenvalue weighted by Gasteiger charge is -2.40. The highest BCUT2D eigenvalue weighted by Gasteiger charge is 2.43. The van der Waals surface area contributed by atoms with Gasteiger partial charge in [-0.3, -0.25) is 14.4 Å². The smallest absolute Gasteiger partial charge is 0.312 e. The number of carbonyl (C=O) groups is 1. The third-order valence-electron chi connectivity index (χ3n) is 5.52. The second-order valence-electron chi connectivity index (χ2n) is 7.46. The van der Waals surface area contributed by atoms with Gasteiger partial charge in [-0.05, 0) is 57.8 Å². The molecule has 0 spiro atoms. The molecule has 2 aromatic rings. The molecule has 6 heteroatoms. The summed E-state index contributed by atoms with van der Waals surface area (Å²) in [5.41, 5.74) is 2.83. The van der Waals surface area contributed by atoms with Gasteiger partial charge in [-0.25, -0.2) is 0 Å². The summed E-state index contributed by atoms with van der Waals surface area (Å²) in [6.45, 7) is 6.89. The maximum absolute atomic E-state index is 12.9. The van der Waals surface area contributed by atoms with Crippen LogP contribution < -0.4 is 0 Å². The molecule has 1 aromatic heterocycles. The van der Waals surface area contributed by atoms with Crippen LogP contribution >= 0.6 is 11.6 Å². The average molecular weight is 390 g/mol. The van der Waals surface area contributed by atoms with E-state index in [1.807, 2.05) is 49.8 Å². The number of esters is 1. The number of likely N-dealkylation sites (tertiary alicyclic amines) is 1. The molecule has 1 fully saturated rings. The van der Waals surface area contributed by atoms with E-state index in [-0.39, 0.29) is 5.97 Å². The molecular formula is C21H28ClN3O2. The molecular weight excluding hydrogens is 362 g/mol. The molecule has 1 aliphatic rings. The standard InChI is InChI=1S/C21H28ClN3O2/c1-4-27-20(26)21(13-17-7-5-6-8-19(17)22)9-11-25(12-10-21)15-18-14-24(3)23-16(18)2/h5-8,14H,4,9-13,15H2,1-3H3. The molecule has 146 valence electrons. The van der Waals surface area contributed by atoms with Crippen molar-refractivity contribution in [3.63, 3.8) is 0 Å². The third-order valence-corrected chi connectivity index (χ3v) is 5.89. The molecule has 27 heavy (non-hydrogen) atoms. The summed E-state index contributed by atoms with van der Waals surface area (Å²) >= 11 is 6.37. The largest absolute Gasteiger partial charge is 0.466 e. The molecule has 0 radical (unpaired) electrons. The van der Waals surface area contributed by atoms with Gasteiger partial charge in [0.15, 0.2) is 0 Å². The first kappa shape index (κ1) is 19.9. The Kier molecular flexibility index (Phi) is 6.22. The monoisotopic (exact) mass is 389 g/mol. The van der Waals surface area contributed by atoms with Crippen LogP contribution in [0.1, 0.15) is 36.6 Å². The van der Waals surface area contributed by atoms with Crippen molar-refractivity contribution in [3.05, 3.63) is 52.3 Å². The van der Waals surface area contributed by atoms with Crippen LogP contribution in [0.3, 0.4) is 0 Å². The Morgan fingerprint density at radius 3 is 2.56 bits per heavy atom. The van der Waals surface area contributed by atoms with Gasteiger partial charge in [0, 0.05) is 30.4 Å². The summed E-state index contributed by atoms with van der Waals surface area (Å²) < 4.78 is 7.31. The predicted octanol–water partition coefficient (Wildman–Crippen LogP) is 3.77. The summed E-state index contributed by atoms with van der Waals surface area (Å²) in [5.74, 6) is -0.0953. The Bertz CT molecular complexity index is 794. The SMILES string of the molecule is CCOC(=O)C1(Cc2ccccc2Cl)CCN(Cc2cn(C)nc2C)CC1. The number of hydrogen-bond donors (Lipinski definition) is 0. The van der Waals surface area contributed by atoms with Gasteiger partial charge >= 0.3 is 5.97 Å². The highest BCUT2D eigenvalue weighted by atomic mass is 35.5. The van der Waals surface area contributed by atoms with Crippen molar-refractivity contribution in [1.82, 2.24) is 14.7 Å². The maximum Gasteiger partial charge on any atom is 0.312 e. The molecule has 0 atom stereocenters. The first-order chi connectivity index (χ1) is 12.9. The molecule has 1 aliphatic heterocycles. The number of aromatic nitrogens is 2. The van der Waals surface area contributed by atoms with Gasteiger partial charge in [0.05, 0.1) is 17.7 Å². The zero-order chi connectivity index (χ0) is 19.4. The van der Waals surface area contributed by atoms with Crippen LogP contribution in [0.25, 0.3) is 0 Å². The molecule has 1 aromatic carbocycles. The summed E-state index contributed by atoms with van der Waals surface area (Å²) in [6, 6.07) is 7.78. The molecule has 1 saturated heterocycles. The number of aryl methyl sites for hydroxylation is 2. The Morgan fingerprint density at radius 2 is 1.96 bits per heavy atom. The zero-order valence-corrected chi connectivity index (χ0v) is 17.1. The molecule has 3 rings (SSSR count). The lowest BCUT2D eigenvalue weighted by atomic mass is 9.73. The maximum atomic E-state index is 12.9. The van der Waals surface area contributed by atoms with Gasteiger partial charge < -0.3 is 4.74 Å². The Morgan fingerprint density at radius 1 is 1.26 bits per heavy atom. The van der Waals surface area contributed by atoms with E-state index in [0.717, 1.165) is 48.8 Å². The van der Waals surface area contributed by atoms with Gasteiger partial charge in [-0.2, -0.15) is 5.10 Å². The van der Waals surface area contributed by atoms with E-state index in [1.54, 1.807) is 0 Å². The van der Waals surface area contributed by atoms with Crippen LogP contribution in [0, 0.1) is 12.3 Å². The average Bonchev–Trinajstić information content (AvgIpc) is 2.96. The number of halogens is 1. The molecule has 0 amide bonds. The van der Waals surface area contributed by atoms with Crippen molar-refractivity contribution in [3.8, 4) is 0 Å². The van der Waals surface area contributed by atoms with Crippen LogP contribution in [-0.4, -0.2) is 40.3 Å². The van der Waals surface area contributed by atoms with Crippen molar-refractivity contribution in [2.24, 2.45) is 12.5 Å². The second-order valence-corrected chi connectivity index (χ2v) is 7.87. The van der Waals surface area contributed by atoms with Gasteiger partial charge in [-0.1, -0.05) is 29.8 Å². The van der Waals surface area contributed by atoms with Crippen LogP contribution in [0.15, 0.2) is 30.5 Å². The highest BCUT2D eigenvalue weighted by Crippen LogP contribution is 2.38. The second kappa shape index (κ2) is 8.44. The summed E-state index contributed by atoms with van der Waals surface area (Å²) in [4.78, 5) is 15.3. The van der Waals surface area contributed by atoms with Crippen LogP contribution in [0.4, 0.5) is 0 Å². The number of carbonyl (C=O) groups excluding carboxylic acids is 1. The highest BCUT2D eigenvalue weighted by molar-refractivity contribution is 6.31. The van der Waals surface area contributed by atoms with Gasteiger partial charge in [-0.15, -0.1) is 0 Å². The van der Waals surface area contributed by atoms with Crippen LogP contribution in [0.5, 0.6) is 0 Å². The molecule has 0 N–H and O–H groups in total. The van der Waals surface area contributed by atoms with E-state index in [1.165, 1.54) is 5.56 Å². The zero-order valence-electron chi connectivity index (χ0n) is 16.4. The van der Waals surface area contributed by atoms with E-state index < -0.39 is 5.41 Å². The van der Waals surface area contributed by atoms with Crippen molar-refractivity contribution >= 4 is 17.6 Å². The van der Waals surface area contributed by atoms with Crippen molar-refractivity contribution in [2.75, 3.05) is 19.7 Å². The number of ether oxygens (including phenoxy) is 1. The minimum atomic E-state index is -0.499. The minimum Gasteiger partial charge on any atom is -0.466 e. The van der Waals surface area contributed by atoms with Crippen molar-refractivity contribution < 1.29 is 9.53 Å². The number of nitrogens with zero attached hydrogens (tertiary/aromatic N) is 3. The number of piperidine rings is 1. The van der Waals surface area contributed by atoms with Crippen molar-refractivity contribution in [2.45, 2.75) is 39.7 Å². The Balaban J connectivity index is 1.73. The normalized spacial score (nSPS) is 17.0. The molecule has 0 unspecified atom stereocenters. The third kappa shape index (κ3) is 4.53. The van der Waals surface area contributed by atoms with E-state index in [2.05, 4.69) is 16.2 Å². The van der Waals surface area contributed by atoms with Gasteiger partial charge in [0.1, 0.15) is 0 Å². The van der Waals surface area contributed by atoms with Gasteiger partial charge in [0.2, 0.25) is 0 Å². The van der Waals surface area contributed by atoms with E-state index in [9.17, 15) is 4.79 Å². The van der Waals surface area contributed by atoms with Gasteiger partial charge in [0.25, 0.3) is 0 Å². The first-order valence-electron chi connectivity index (χ1n) is 9.55. The molecule has 0 aliphatic carbocycles. The predicted molar refractivity (Wildman–Crippen MR) is 107 cm³/mol. The van der Waals surface area contributed by atoms with Crippen molar-refractivity contribution in [1.29, 1.82) is 0 Å². The summed E-state index contributed by atoms with van der Waals surface area (Å²) in [5, 5.41) is 5.14. The fourth-order valence-corrected chi connectivity index (χ4v) is 4.13. The quantitative estimate of drug-likeness (QED) is 0.705. The summed E-state index contributed by atoms with van der Waals surface area (Å²) in [6.07, 6.45) is 4.25. The van der Waals surface area contributed by atoms with Crippen LogP contribution in [-0.2, 0) is 29.5 Å². The van der Waals surface area contributed by atoms with E-state index in [0.29, 0.717) is 13.0 Å². The summed E-state index contributed by atoms with van der Waals surface area (Å²) in [7, 11) is 1.95. The van der Waals surface area contributed by atoms with E-state index >= 15 is 0 Å². The fraction of sp³-hybridized carbons (Fsp3) is 0.524. The molecule has 2 heterocycles. The lowest BCUT2D eigenvalue weighted by Crippen LogP contribution is -2.46. The molecule has 0 bridgehead atoms. The lowest BCUT2D eigenvalue weighted by molar-refractivity contribution is -0.158. The van der Waals surface area contributed by atoms with Crippen LogP contribution in [0.2, 0.25) is 5.02 Å². The fourth-order valence-electron chi connectivity index (χ4n) is 3.93. The Hall–Kier alpha value is -1.85. The molecule has 0 saturated carbocycles. The number of hydrogen-bond acceptors (Lipinski definition) is 4. The minimum absolute atomic E-state index is 0.0953. The number of rotatable bonds is 6. The first-order valence-corrected chi connectivity index (χ1v) is 9.93. The van der Waals surface area contributed by atoms with E-state index in [4.69, 9.17) is 16.3 Å². The topological polar surface area (TPSA) is 47.4 Å². The molecule has 5 nitrogen and oxygen atoms in total.